The predicted octanol–water partition coefficient (Wildman–Crippen LogP) is -0.341. The number of likely N-dealkylation sites (tertiary alicyclic amines) is 1. The van der Waals surface area contributed by atoms with Crippen molar-refractivity contribution in [3.05, 3.63) is 32.6 Å². The van der Waals surface area contributed by atoms with Gasteiger partial charge in [-0.3, -0.25) is 14.7 Å². The van der Waals surface area contributed by atoms with E-state index in [0.717, 1.165) is 13.1 Å². The van der Waals surface area contributed by atoms with Gasteiger partial charge in [0.2, 0.25) is 0 Å². The molecule has 0 amide bonds. The topological polar surface area (TPSA) is 69.0 Å². The summed E-state index contributed by atoms with van der Waals surface area (Å²) in [5.74, 6) is 0. The van der Waals surface area contributed by atoms with Crippen LogP contribution in [0.25, 0.3) is 0 Å². The summed E-state index contributed by atoms with van der Waals surface area (Å²) in [4.78, 5) is 29.0. The van der Waals surface area contributed by atoms with E-state index < -0.39 is 5.69 Å². The molecule has 2 heterocycles. The van der Waals surface area contributed by atoms with Gasteiger partial charge in [0.05, 0.1) is 0 Å². The first-order valence-electron chi connectivity index (χ1n) is 4.79. The fourth-order valence-electron chi connectivity index (χ4n) is 1.74. The molecule has 14 heavy (non-hydrogen) atoms. The predicted molar refractivity (Wildman–Crippen MR) is 52.2 cm³/mol. The van der Waals surface area contributed by atoms with Gasteiger partial charge in [0.1, 0.15) is 0 Å². The quantitative estimate of drug-likeness (QED) is 0.678. The molecule has 0 unspecified atom stereocenters. The van der Waals surface area contributed by atoms with Gasteiger partial charge in [-0.25, -0.2) is 4.79 Å². The van der Waals surface area contributed by atoms with Gasteiger partial charge in [0.25, 0.3) is 5.56 Å². The van der Waals surface area contributed by atoms with Crippen molar-refractivity contribution in [2.24, 2.45) is 0 Å². The van der Waals surface area contributed by atoms with Crippen molar-refractivity contribution >= 4 is 0 Å². The lowest BCUT2D eigenvalue weighted by atomic mass is 10.3. The minimum atomic E-state index is -0.444. The van der Waals surface area contributed by atoms with Crippen LogP contribution in [0.3, 0.4) is 0 Å². The summed E-state index contributed by atoms with van der Waals surface area (Å²) in [7, 11) is 0. The van der Waals surface area contributed by atoms with Crippen molar-refractivity contribution in [3.8, 4) is 0 Å². The molecule has 1 saturated heterocycles. The van der Waals surface area contributed by atoms with Crippen LogP contribution in [0, 0.1) is 0 Å². The van der Waals surface area contributed by atoms with Crippen LogP contribution in [-0.4, -0.2) is 28.0 Å². The number of nitrogens with zero attached hydrogens (tertiary/aromatic N) is 1. The van der Waals surface area contributed by atoms with E-state index in [1.807, 2.05) is 0 Å². The highest BCUT2D eigenvalue weighted by atomic mass is 16.2. The summed E-state index contributed by atoms with van der Waals surface area (Å²) < 4.78 is 0. The Kier molecular flexibility index (Phi) is 2.49. The molecular weight excluding hydrogens is 182 g/mol. The summed E-state index contributed by atoms with van der Waals surface area (Å²) in [6.45, 7) is 2.71. The molecule has 1 aromatic rings. The maximum atomic E-state index is 11.3. The van der Waals surface area contributed by atoms with Crippen LogP contribution in [0.15, 0.2) is 15.8 Å². The molecule has 1 aromatic heterocycles. The lowest BCUT2D eigenvalue weighted by molar-refractivity contribution is 0.329. The second kappa shape index (κ2) is 3.79. The SMILES string of the molecule is O=c1[nH]cc(CN2CCCC2)c(=O)[nH]1. The molecule has 1 aliphatic heterocycles. The number of H-pyrrole nitrogens is 2. The van der Waals surface area contributed by atoms with Crippen LogP contribution in [0.4, 0.5) is 0 Å². The van der Waals surface area contributed by atoms with E-state index in [4.69, 9.17) is 0 Å². The molecule has 0 bridgehead atoms. The van der Waals surface area contributed by atoms with E-state index in [2.05, 4.69) is 14.9 Å². The van der Waals surface area contributed by atoms with Gasteiger partial charge in [-0.2, -0.15) is 0 Å². The van der Waals surface area contributed by atoms with E-state index in [1.54, 1.807) is 0 Å². The third-order valence-electron chi connectivity index (χ3n) is 2.49. The van der Waals surface area contributed by atoms with Crippen molar-refractivity contribution < 1.29 is 0 Å². The zero-order chi connectivity index (χ0) is 9.97. The number of aromatic nitrogens is 2. The number of rotatable bonds is 2. The second-order valence-corrected chi connectivity index (χ2v) is 3.58. The molecule has 2 rings (SSSR count). The zero-order valence-corrected chi connectivity index (χ0v) is 7.88. The van der Waals surface area contributed by atoms with Gasteiger partial charge in [-0.15, -0.1) is 0 Å². The van der Waals surface area contributed by atoms with Crippen LogP contribution in [0.1, 0.15) is 18.4 Å². The molecule has 0 spiro atoms. The average Bonchev–Trinajstić information content (AvgIpc) is 2.62. The Labute approximate surface area is 80.8 Å². The Morgan fingerprint density at radius 2 is 2.00 bits per heavy atom. The molecule has 0 atom stereocenters. The molecule has 76 valence electrons. The number of hydrogen-bond donors (Lipinski definition) is 2. The number of aromatic amines is 2. The van der Waals surface area contributed by atoms with Gasteiger partial charge in [0, 0.05) is 18.3 Å². The Morgan fingerprint density at radius 1 is 1.29 bits per heavy atom. The molecule has 0 saturated carbocycles. The van der Waals surface area contributed by atoms with E-state index in [1.165, 1.54) is 19.0 Å². The summed E-state index contributed by atoms with van der Waals surface area (Å²) in [6, 6.07) is 0. The molecule has 1 fully saturated rings. The first-order valence-corrected chi connectivity index (χ1v) is 4.79. The third kappa shape index (κ3) is 1.93. The Bertz CT molecular complexity index is 415. The largest absolute Gasteiger partial charge is 0.325 e. The third-order valence-corrected chi connectivity index (χ3v) is 2.49. The van der Waals surface area contributed by atoms with Crippen molar-refractivity contribution in [2.75, 3.05) is 13.1 Å². The Balaban J connectivity index is 2.16. The maximum absolute atomic E-state index is 11.3. The normalized spacial score (nSPS) is 17.4. The summed E-state index contributed by atoms with van der Waals surface area (Å²) in [6.07, 6.45) is 3.89. The minimum absolute atomic E-state index is 0.277. The van der Waals surface area contributed by atoms with E-state index in [0.29, 0.717) is 12.1 Å². The first kappa shape index (κ1) is 9.21. The maximum Gasteiger partial charge on any atom is 0.325 e. The van der Waals surface area contributed by atoms with Gasteiger partial charge in [0.15, 0.2) is 0 Å². The molecule has 0 radical (unpaired) electrons. The molecule has 1 aliphatic rings. The summed E-state index contributed by atoms with van der Waals surface area (Å²) >= 11 is 0. The standard InChI is InChI=1S/C9H13N3O2/c13-8-7(5-10-9(14)11-8)6-12-3-1-2-4-12/h5H,1-4,6H2,(H2,10,11,13,14). The van der Waals surface area contributed by atoms with Gasteiger partial charge in [-0.1, -0.05) is 0 Å². The molecule has 5 nitrogen and oxygen atoms in total. The first-order chi connectivity index (χ1) is 6.75. The van der Waals surface area contributed by atoms with Crippen molar-refractivity contribution in [2.45, 2.75) is 19.4 Å². The lowest BCUT2D eigenvalue weighted by Crippen LogP contribution is -2.29. The fourth-order valence-corrected chi connectivity index (χ4v) is 1.74. The van der Waals surface area contributed by atoms with Gasteiger partial charge in [-0.05, 0) is 25.9 Å². The van der Waals surface area contributed by atoms with Crippen molar-refractivity contribution in [3.63, 3.8) is 0 Å². The van der Waals surface area contributed by atoms with Crippen LogP contribution in [0.5, 0.6) is 0 Å². The van der Waals surface area contributed by atoms with Crippen LogP contribution < -0.4 is 11.2 Å². The monoisotopic (exact) mass is 195 g/mol. The molecule has 5 heteroatoms. The Morgan fingerprint density at radius 3 is 2.64 bits per heavy atom. The highest BCUT2D eigenvalue weighted by Gasteiger charge is 2.13. The summed E-state index contributed by atoms with van der Waals surface area (Å²) in [5.41, 5.74) is -0.0904. The van der Waals surface area contributed by atoms with Crippen molar-refractivity contribution in [1.82, 2.24) is 14.9 Å². The molecule has 2 N–H and O–H groups in total. The molecule has 0 aromatic carbocycles. The highest BCUT2D eigenvalue weighted by molar-refractivity contribution is 5.03. The molecular formula is C9H13N3O2. The van der Waals surface area contributed by atoms with Crippen molar-refractivity contribution in [1.29, 1.82) is 0 Å². The number of nitrogens with one attached hydrogen (secondary N) is 2. The zero-order valence-electron chi connectivity index (χ0n) is 7.88. The highest BCUT2D eigenvalue weighted by Crippen LogP contribution is 2.09. The fraction of sp³-hybridized carbons (Fsp3) is 0.556. The number of hydrogen-bond acceptors (Lipinski definition) is 3. The van der Waals surface area contributed by atoms with Crippen LogP contribution >= 0.6 is 0 Å². The lowest BCUT2D eigenvalue weighted by Gasteiger charge is -2.12. The smallest absolute Gasteiger partial charge is 0.314 e. The van der Waals surface area contributed by atoms with Crippen LogP contribution in [0.2, 0.25) is 0 Å². The van der Waals surface area contributed by atoms with E-state index >= 15 is 0 Å². The Hall–Kier alpha value is -1.36. The summed E-state index contributed by atoms with van der Waals surface area (Å²) in [5, 5.41) is 0. The van der Waals surface area contributed by atoms with Crippen LogP contribution in [-0.2, 0) is 6.54 Å². The van der Waals surface area contributed by atoms with Gasteiger partial charge >= 0.3 is 5.69 Å². The average molecular weight is 195 g/mol. The van der Waals surface area contributed by atoms with E-state index in [-0.39, 0.29) is 5.56 Å². The molecule has 0 aliphatic carbocycles. The minimum Gasteiger partial charge on any atom is -0.314 e. The second-order valence-electron chi connectivity index (χ2n) is 3.58. The van der Waals surface area contributed by atoms with E-state index in [9.17, 15) is 9.59 Å². The van der Waals surface area contributed by atoms with Gasteiger partial charge < -0.3 is 4.98 Å².